The Balaban J connectivity index is 2.36. The molecule has 0 bridgehead atoms. The Kier molecular flexibility index (Phi) is 7.25. The Labute approximate surface area is 125 Å². The Hall–Kier alpha value is -2.08. The summed E-state index contributed by atoms with van der Waals surface area (Å²) in [6.45, 7) is 5.00. The van der Waals surface area contributed by atoms with Crippen molar-refractivity contribution < 1.29 is 14.3 Å². The summed E-state index contributed by atoms with van der Waals surface area (Å²) in [5.74, 6) is 0.0177. The fourth-order valence-corrected chi connectivity index (χ4v) is 1.91. The average molecular weight is 293 g/mol. The first-order chi connectivity index (χ1) is 10.0. The minimum absolute atomic E-state index is 0.236. The number of rotatable bonds is 8. The van der Waals surface area contributed by atoms with Crippen LogP contribution in [0.15, 0.2) is 24.3 Å². The number of aryl methyl sites for hydroxylation is 1. The number of carbonyl (C=O) groups excluding carboxylic acids is 2. The molecule has 0 saturated carbocycles. The van der Waals surface area contributed by atoms with Gasteiger partial charge in [-0.1, -0.05) is 19.1 Å². The van der Waals surface area contributed by atoms with Gasteiger partial charge in [-0.25, -0.2) is 4.79 Å². The third-order valence-electron chi connectivity index (χ3n) is 2.97. The van der Waals surface area contributed by atoms with Crippen LogP contribution in [0, 0.1) is 0 Å². The number of hydrogen-bond donors (Lipinski definition) is 3. The van der Waals surface area contributed by atoms with Crippen LogP contribution in [-0.2, 0) is 11.2 Å². The molecule has 0 saturated heterocycles. The molecule has 1 aromatic carbocycles. The van der Waals surface area contributed by atoms with Crippen molar-refractivity contribution in [1.82, 2.24) is 10.6 Å². The monoisotopic (exact) mass is 293 g/mol. The van der Waals surface area contributed by atoms with Crippen molar-refractivity contribution in [3.05, 3.63) is 29.8 Å². The number of nitrogens with two attached hydrogens (primary N) is 1. The van der Waals surface area contributed by atoms with E-state index in [4.69, 9.17) is 10.5 Å². The van der Waals surface area contributed by atoms with Crippen LogP contribution in [0.2, 0.25) is 0 Å². The summed E-state index contributed by atoms with van der Waals surface area (Å²) in [6, 6.07) is 7.17. The number of nitrogens with one attached hydrogen (secondary N) is 2. The first-order valence-electron chi connectivity index (χ1n) is 7.05. The van der Waals surface area contributed by atoms with Crippen molar-refractivity contribution in [3.8, 4) is 5.75 Å². The number of amides is 3. The second-order valence-electron chi connectivity index (χ2n) is 4.84. The fourth-order valence-electron chi connectivity index (χ4n) is 1.91. The second kappa shape index (κ2) is 8.97. The Morgan fingerprint density at radius 2 is 1.95 bits per heavy atom. The van der Waals surface area contributed by atoms with E-state index in [2.05, 4.69) is 19.2 Å². The maximum Gasteiger partial charge on any atom is 0.318 e. The number of imide groups is 1. The molecule has 1 unspecified atom stereocenters. The van der Waals surface area contributed by atoms with E-state index in [0.29, 0.717) is 11.8 Å². The number of ether oxygens (including phenoxy) is 1. The van der Waals surface area contributed by atoms with Gasteiger partial charge in [0.25, 0.3) is 5.91 Å². The van der Waals surface area contributed by atoms with E-state index in [-0.39, 0.29) is 6.61 Å². The molecule has 6 heteroatoms. The van der Waals surface area contributed by atoms with Gasteiger partial charge in [-0.3, -0.25) is 10.1 Å². The van der Waals surface area contributed by atoms with Gasteiger partial charge >= 0.3 is 6.03 Å². The molecule has 0 heterocycles. The summed E-state index contributed by atoms with van der Waals surface area (Å²) in [5.41, 5.74) is 6.05. The molecule has 0 radical (unpaired) electrons. The highest BCUT2D eigenvalue weighted by Gasteiger charge is 2.05. The molecule has 0 aromatic heterocycles. The van der Waals surface area contributed by atoms with Crippen LogP contribution in [-0.4, -0.2) is 31.1 Å². The van der Waals surface area contributed by atoms with Gasteiger partial charge in [-0.05, 0) is 44.0 Å². The van der Waals surface area contributed by atoms with Crippen molar-refractivity contribution in [1.29, 1.82) is 0 Å². The molecular weight excluding hydrogens is 270 g/mol. The third kappa shape index (κ3) is 7.31. The molecular formula is C15H23N3O3. The molecule has 4 N–H and O–H groups in total. The largest absolute Gasteiger partial charge is 0.484 e. The van der Waals surface area contributed by atoms with Gasteiger partial charge in [-0.2, -0.15) is 0 Å². The van der Waals surface area contributed by atoms with Crippen LogP contribution in [0.25, 0.3) is 0 Å². The van der Waals surface area contributed by atoms with Crippen molar-refractivity contribution in [2.45, 2.75) is 32.7 Å². The maximum atomic E-state index is 11.2. The van der Waals surface area contributed by atoms with Crippen LogP contribution in [0.1, 0.15) is 25.8 Å². The smallest absolute Gasteiger partial charge is 0.318 e. The highest BCUT2D eigenvalue weighted by Crippen LogP contribution is 2.13. The van der Waals surface area contributed by atoms with Gasteiger partial charge in [0.2, 0.25) is 0 Å². The Morgan fingerprint density at radius 1 is 1.29 bits per heavy atom. The molecule has 21 heavy (non-hydrogen) atoms. The number of benzene rings is 1. The summed E-state index contributed by atoms with van der Waals surface area (Å²) in [5, 5.41) is 5.31. The van der Waals surface area contributed by atoms with Gasteiger partial charge in [0, 0.05) is 6.04 Å². The molecule has 0 aliphatic carbocycles. The zero-order chi connectivity index (χ0) is 15.7. The van der Waals surface area contributed by atoms with Crippen LogP contribution in [0.3, 0.4) is 0 Å². The predicted molar refractivity (Wildman–Crippen MR) is 81.1 cm³/mol. The van der Waals surface area contributed by atoms with Crippen molar-refractivity contribution in [2.24, 2.45) is 5.73 Å². The lowest BCUT2D eigenvalue weighted by molar-refractivity contribution is -0.121. The van der Waals surface area contributed by atoms with Crippen molar-refractivity contribution in [3.63, 3.8) is 0 Å². The number of carbonyl (C=O) groups is 2. The van der Waals surface area contributed by atoms with E-state index >= 15 is 0 Å². The SMILES string of the molecule is CCNC(C)CCc1ccc(OCC(=O)NC(N)=O)cc1. The molecule has 1 aromatic rings. The minimum atomic E-state index is -0.881. The molecule has 0 spiro atoms. The molecule has 3 amide bonds. The highest BCUT2D eigenvalue weighted by molar-refractivity contribution is 5.94. The van der Waals surface area contributed by atoms with Gasteiger partial charge in [-0.15, -0.1) is 0 Å². The van der Waals surface area contributed by atoms with E-state index in [1.807, 2.05) is 29.6 Å². The molecule has 0 fully saturated rings. The van der Waals surface area contributed by atoms with E-state index in [0.717, 1.165) is 19.4 Å². The number of primary amides is 1. The molecule has 1 rings (SSSR count). The van der Waals surface area contributed by atoms with Gasteiger partial charge in [0.05, 0.1) is 0 Å². The quantitative estimate of drug-likeness (QED) is 0.671. The standard InChI is InChI=1S/C15H23N3O3/c1-3-17-11(2)4-5-12-6-8-13(9-7-12)21-10-14(19)18-15(16)20/h6-9,11,17H,3-5,10H2,1-2H3,(H3,16,18,19,20). The van der Waals surface area contributed by atoms with Crippen molar-refractivity contribution >= 4 is 11.9 Å². The molecule has 1 atom stereocenters. The van der Waals surface area contributed by atoms with Gasteiger partial charge in [0.15, 0.2) is 6.61 Å². The third-order valence-corrected chi connectivity index (χ3v) is 2.97. The topological polar surface area (TPSA) is 93.4 Å². The van der Waals surface area contributed by atoms with Crippen LogP contribution in [0.4, 0.5) is 4.79 Å². The molecule has 116 valence electrons. The number of hydrogen-bond acceptors (Lipinski definition) is 4. The maximum absolute atomic E-state index is 11.2. The summed E-state index contributed by atoms with van der Waals surface area (Å²) in [7, 11) is 0. The molecule has 0 aliphatic rings. The lowest BCUT2D eigenvalue weighted by Gasteiger charge is -2.12. The normalized spacial score (nSPS) is 11.7. The lowest BCUT2D eigenvalue weighted by atomic mass is 10.1. The predicted octanol–water partition coefficient (Wildman–Crippen LogP) is 1.19. The zero-order valence-electron chi connectivity index (χ0n) is 12.5. The van der Waals surface area contributed by atoms with Gasteiger partial charge in [0.1, 0.15) is 5.75 Å². The van der Waals surface area contributed by atoms with E-state index < -0.39 is 11.9 Å². The zero-order valence-corrected chi connectivity index (χ0v) is 12.5. The van der Waals surface area contributed by atoms with E-state index in [1.165, 1.54) is 5.56 Å². The van der Waals surface area contributed by atoms with Crippen LogP contribution >= 0.6 is 0 Å². The first kappa shape index (κ1) is 17.0. The second-order valence-corrected chi connectivity index (χ2v) is 4.84. The minimum Gasteiger partial charge on any atom is -0.484 e. The molecule has 6 nitrogen and oxygen atoms in total. The Bertz CT molecular complexity index is 460. The highest BCUT2D eigenvalue weighted by atomic mass is 16.5. The fraction of sp³-hybridized carbons (Fsp3) is 0.467. The lowest BCUT2D eigenvalue weighted by Crippen LogP contribution is -2.38. The summed E-state index contributed by atoms with van der Waals surface area (Å²) < 4.78 is 5.26. The summed E-state index contributed by atoms with van der Waals surface area (Å²) in [4.78, 5) is 21.7. The first-order valence-corrected chi connectivity index (χ1v) is 7.05. The molecule has 0 aliphatic heterocycles. The summed E-state index contributed by atoms with van der Waals surface area (Å²) in [6.07, 6.45) is 2.05. The van der Waals surface area contributed by atoms with Crippen molar-refractivity contribution in [2.75, 3.05) is 13.2 Å². The average Bonchev–Trinajstić information content (AvgIpc) is 2.43. The Morgan fingerprint density at radius 3 is 2.52 bits per heavy atom. The van der Waals surface area contributed by atoms with Crippen LogP contribution < -0.4 is 21.1 Å². The summed E-state index contributed by atoms with van der Waals surface area (Å²) >= 11 is 0. The van der Waals surface area contributed by atoms with Crippen LogP contribution in [0.5, 0.6) is 5.75 Å². The van der Waals surface area contributed by atoms with Gasteiger partial charge < -0.3 is 15.8 Å². The van der Waals surface area contributed by atoms with E-state index in [1.54, 1.807) is 0 Å². The number of urea groups is 1. The van der Waals surface area contributed by atoms with E-state index in [9.17, 15) is 9.59 Å².